The van der Waals surface area contributed by atoms with E-state index in [1.807, 2.05) is 24.4 Å². The second-order valence-electron chi connectivity index (χ2n) is 4.77. The number of nitrogens with one attached hydrogen (secondary N) is 1. The van der Waals surface area contributed by atoms with Gasteiger partial charge >= 0.3 is 6.03 Å². The number of rotatable bonds is 5. The van der Waals surface area contributed by atoms with Crippen molar-refractivity contribution in [2.24, 2.45) is 5.73 Å². The van der Waals surface area contributed by atoms with E-state index in [2.05, 4.69) is 9.97 Å². The molecule has 0 atom stereocenters. The monoisotopic (exact) mass is 365 g/mol. The molecule has 126 valence electrons. The van der Waals surface area contributed by atoms with Crippen LogP contribution in [0.25, 0.3) is 11.1 Å². The molecule has 2 rings (SSSR count). The molecule has 0 aliphatic heterocycles. The van der Waals surface area contributed by atoms with Crippen LogP contribution >= 0.6 is 23.4 Å². The molecule has 0 saturated carbocycles. The molecule has 0 aliphatic rings. The van der Waals surface area contributed by atoms with Gasteiger partial charge in [-0.05, 0) is 24.1 Å². The lowest BCUT2D eigenvalue weighted by Gasteiger charge is -2.12. The van der Waals surface area contributed by atoms with E-state index in [0.29, 0.717) is 22.4 Å². The number of hydrogen-bond acceptors (Lipinski definition) is 6. The summed E-state index contributed by atoms with van der Waals surface area (Å²) in [5.41, 5.74) is 13.4. The van der Waals surface area contributed by atoms with E-state index in [1.165, 1.54) is 0 Å². The average molecular weight is 366 g/mol. The summed E-state index contributed by atoms with van der Waals surface area (Å²) in [6.07, 6.45) is 0.645. The first kappa shape index (κ1) is 18.0. The molecule has 1 heterocycles. The van der Waals surface area contributed by atoms with Crippen molar-refractivity contribution in [2.45, 2.75) is 18.5 Å². The Morgan fingerprint density at radius 1 is 1.25 bits per heavy atom. The van der Waals surface area contributed by atoms with Crippen molar-refractivity contribution in [3.63, 3.8) is 0 Å². The summed E-state index contributed by atoms with van der Waals surface area (Å²) >= 11 is 6.99. The third-order valence-corrected chi connectivity index (χ3v) is 4.15. The number of carbonyl (C=O) groups is 2. The summed E-state index contributed by atoms with van der Waals surface area (Å²) in [5, 5.41) is 2.97. The number of halogens is 1. The van der Waals surface area contributed by atoms with Crippen molar-refractivity contribution in [2.75, 3.05) is 11.5 Å². The highest BCUT2D eigenvalue weighted by Gasteiger charge is 2.15. The maximum absolute atomic E-state index is 11.5. The van der Waals surface area contributed by atoms with Crippen LogP contribution in [0.15, 0.2) is 29.4 Å². The standard InChI is InChI=1S/C15H16ClN5O2S/c1-2-10-12(8-3-5-9(16)6-4-8)13(17)21-15(19-10)24-7-11(22)20-14(18)23/h3-6H,2,7H2,1H3,(H2,17,19,21)(H3,18,20,22,23). The summed E-state index contributed by atoms with van der Waals surface area (Å²) in [7, 11) is 0. The molecule has 3 amide bonds. The van der Waals surface area contributed by atoms with Gasteiger partial charge in [-0.1, -0.05) is 42.4 Å². The highest BCUT2D eigenvalue weighted by atomic mass is 35.5. The van der Waals surface area contributed by atoms with Gasteiger partial charge in [0, 0.05) is 10.6 Å². The SMILES string of the molecule is CCc1nc(SCC(=O)NC(N)=O)nc(N)c1-c1ccc(Cl)cc1. The Morgan fingerprint density at radius 2 is 1.92 bits per heavy atom. The second kappa shape index (κ2) is 7.98. The maximum Gasteiger partial charge on any atom is 0.318 e. The number of nitrogen functional groups attached to an aromatic ring is 1. The van der Waals surface area contributed by atoms with Crippen molar-refractivity contribution in [3.8, 4) is 11.1 Å². The minimum absolute atomic E-state index is 0.0359. The first-order valence-corrected chi connectivity index (χ1v) is 8.41. The van der Waals surface area contributed by atoms with E-state index in [-0.39, 0.29) is 5.75 Å². The lowest BCUT2D eigenvalue weighted by Crippen LogP contribution is -2.36. The molecule has 9 heteroatoms. The fourth-order valence-electron chi connectivity index (χ4n) is 2.06. The van der Waals surface area contributed by atoms with Gasteiger partial charge < -0.3 is 11.5 Å². The van der Waals surface area contributed by atoms with Crippen molar-refractivity contribution >= 4 is 41.1 Å². The topological polar surface area (TPSA) is 124 Å². The number of urea groups is 1. The molecule has 0 bridgehead atoms. The van der Waals surface area contributed by atoms with Gasteiger partial charge in [0.1, 0.15) is 5.82 Å². The van der Waals surface area contributed by atoms with Crippen molar-refractivity contribution in [1.29, 1.82) is 0 Å². The zero-order valence-electron chi connectivity index (χ0n) is 12.9. The third kappa shape index (κ3) is 4.59. The number of primary amides is 1. The quantitative estimate of drug-likeness (QED) is 0.551. The molecule has 0 unspecified atom stereocenters. The number of nitrogens with zero attached hydrogens (tertiary/aromatic N) is 2. The lowest BCUT2D eigenvalue weighted by atomic mass is 10.0. The van der Waals surface area contributed by atoms with Crippen molar-refractivity contribution < 1.29 is 9.59 Å². The molecular weight excluding hydrogens is 350 g/mol. The Balaban J connectivity index is 2.25. The van der Waals surface area contributed by atoms with E-state index in [9.17, 15) is 9.59 Å². The first-order valence-electron chi connectivity index (χ1n) is 7.05. The smallest absolute Gasteiger partial charge is 0.318 e. The van der Waals surface area contributed by atoms with E-state index >= 15 is 0 Å². The summed E-state index contributed by atoms with van der Waals surface area (Å²) in [6.45, 7) is 1.95. The van der Waals surface area contributed by atoms with Gasteiger partial charge in [-0.25, -0.2) is 14.8 Å². The third-order valence-electron chi connectivity index (χ3n) is 3.05. The number of nitrogens with two attached hydrogens (primary N) is 2. The molecule has 0 fully saturated rings. The largest absolute Gasteiger partial charge is 0.383 e. The summed E-state index contributed by atoms with van der Waals surface area (Å²) in [6, 6.07) is 6.35. The lowest BCUT2D eigenvalue weighted by molar-refractivity contribution is -0.117. The highest BCUT2D eigenvalue weighted by molar-refractivity contribution is 7.99. The van der Waals surface area contributed by atoms with Crippen LogP contribution in [-0.2, 0) is 11.2 Å². The number of imide groups is 1. The molecule has 0 aliphatic carbocycles. The van der Waals surface area contributed by atoms with Gasteiger partial charge in [0.15, 0.2) is 5.16 Å². The summed E-state index contributed by atoms with van der Waals surface area (Å²) < 4.78 is 0. The number of carbonyl (C=O) groups excluding carboxylic acids is 2. The van der Waals surface area contributed by atoms with Crippen LogP contribution < -0.4 is 16.8 Å². The maximum atomic E-state index is 11.5. The first-order chi connectivity index (χ1) is 11.4. The summed E-state index contributed by atoms with van der Waals surface area (Å²) in [4.78, 5) is 30.8. The minimum atomic E-state index is -0.895. The Morgan fingerprint density at radius 3 is 2.50 bits per heavy atom. The van der Waals surface area contributed by atoms with Crippen molar-refractivity contribution in [1.82, 2.24) is 15.3 Å². The van der Waals surface area contributed by atoms with Crippen LogP contribution in [0, 0.1) is 0 Å². The Kier molecular flexibility index (Phi) is 5.99. The number of hydrogen-bond donors (Lipinski definition) is 3. The van der Waals surface area contributed by atoms with Crippen LogP contribution in [0.2, 0.25) is 5.02 Å². The van der Waals surface area contributed by atoms with Gasteiger partial charge in [0.2, 0.25) is 5.91 Å². The van der Waals surface area contributed by atoms with Gasteiger partial charge in [0.25, 0.3) is 0 Å². The molecule has 1 aromatic heterocycles. The Labute approximate surface area is 148 Å². The van der Waals surface area contributed by atoms with E-state index < -0.39 is 11.9 Å². The number of amides is 3. The summed E-state index contributed by atoms with van der Waals surface area (Å²) in [5.74, 6) is -0.234. The van der Waals surface area contributed by atoms with Crippen molar-refractivity contribution in [3.05, 3.63) is 35.0 Å². The zero-order valence-corrected chi connectivity index (χ0v) is 14.4. The predicted molar refractivity (Wildman–Crippen MR) is 94.7 cm³/mol. The van der Waals surface area contributed by atoms with Crippen LogP contribution in [0.1, 0.15) is 12.6 Å². The Bertz CT molecular complexity index is 767. The van der Waals surface area contributed by atoms with Gasteiger partial charge in [-0.15, -0.1) is 0 Å². The number of aromatic nitrogens is 2. The zero-order chi connectivity index (χ0) is 17.7. The molecule has 0 saturated heterocycles. The van der Waals surface area contributed by atoms with Gasteiger partial charge in [-0.2, -0.15) is 0 Å². The highest BCUT2D eigenvalue weighted by Crippen LogP contribution is 2.30. The van der Waals surface area contributed by atoms with Crippen LogP contribution in [0.3, 0.4) is 0 Å². The van der Waals surface area contributed by atoms with Crippen LogP contribution in [-0.4, -0.2) is 27.7 Å². The molecule has 1 aromatic carbocycles. The molecular formula is C15H16ClN5O2S. The minimum Gasteiger partial charge on any atom is -0.383 e. The fraction of sp³-hybridized carbons (Fsp3) is 0.200. The number of benzene rings is 1. The molecule has 24 heavy (non-hydrogen) atoms. The second-order valence-corrected chi connectivity index (χ2v) is 6.15. The molecule has 7 nitrogen and oxygen atoms in total. The van der Waals surface area contributed by atoms with Crippen LogP contribution in [0.4, 0.5) is 10.6 Å². The van der Waals surface area contributed by atoms with E-state index in [4.69, 9.17) is 23.1 Å². The van der Waals surface area contributed by atoms with Gasteiger partial charge in [0.05, 0.1) is 11.4 Å². The van der Waals surface area contributed by atoms with E-state index in [0.717, 1.165) is 28.6 Å². The molecule has 2 aromatic rings. The Hall–Kier alpha value is -2.32. The normalized spacial score (nSPS) is 10.4. The molecule has 0 radical (unpaired) electrons. The van der Waals surface area contributed by atoms with E-state index in [1.54, 1.807) is 12.1 Å². The fourth-order valence-corrected chi connectivity index (χ4v) is 2.85. The number of thioether (sulfide) groups is 1. The molecule has 5 N–H and O–H groups in total. The van der Waals surface area contributed by atoms with Crippen LogP contribution in [0.5, 0.6) is 0 Å². The number of aryl methyl sites for hydroxylation is 1. The predicted octanol–water partition coefficient (Wildman–Crippen LogP) is 2.23. The van der Waals surface area contributed by atoms with Gasteiger partial charge in [-0.3, -0.25) is 10.1 Å². The average Bonchev–Trinajstić information content (AvgIpc) is 2.53. The molecule has 0 spiro atoms. The number of anilines is 1.